The van der Waals surface area contributed by atoms with Crippen molar-refractivity contribution in [3.63, 3.8) is 0 Å². The number of likely N-dealkylation sites (tertiary alicyclic amines) is 1. The number of carbonyl (C=O) groups excluding carboxylic acids is 2. The number of piperidine rings is 1. The van der Waals surface area contributed by atoms with Crippen molar-refractivity contribution < 1.29 is 9.59 Å². The Morgan fingerprint density at radius 2 is 2.21 bits per heavy atom. The minimum atomic E-state index is 0.0891. The van der Waals surface area contributed by atoms with E-state index in [1.54, 1.807) is 11.3 Å². The van der Waals surface area contributed by atoms with E-state index >= 15 is 0 Å². The smallest absolute Gasteiger partial charge is 0.222 e. The van der Waals surface area contributed by atoms with E-state index in [-0.39, 0.29) is 11.3 Å². The minimum absolute atomic E-state index is 0.0891. The summed E-state index contributed by atoms with van der Waals surface area (Å²) in [7, 11) is 0. The van der Waals surface area contributed by atoms with Gasteiger partial charge < -0.3 is 10.2 Å². The normalized spacial score (nSPS) is 24.1. The van der Waals surface area contributed by atoms with E-state index in [9.17, 15) is 9.59 Å². The van der Waals surface area contributed by atoms with Gasteiger partial charge in [-0.25, -0.2) is 4.98 Å². The van der Waals surface area contributed by atoms with Crippen LogP contribution >= 0.6 is 11.3 Å². The number of nitrogens with one attached hydrogen (secondary N) is 1. The molecular weight excluding hydrogens is 382 g/mol. The molecule has 1 aromatic heterocycles. The number of aromatic nitrogens is 1. The summed E-state index contributed by atoms with van der Waals surface area (Å²) in [6.45, 7) is 3.69. The average molecular weight is 414 g/mol. The fourth-order valence-electron chi connectivity index (χ4n) is 5.18. The first-order valence-electron chi connectivity index (χ1n) is 11.0. The molecule has 2 aromatic rings. The summed E-state index contributed by atoms with van der Waals surface area (Å²) in [5.41, 5.74) is 1.14. The van der Waals surface area contributed by atoms with E-state index in [1.807, 2.05) is 18.2 Å². The van der Waals surface area contributed by atoms with E-state index in [4.69, 9.17) is 0 Å². The van der Waals surface area contributed by atoms with Crippen molar-refractivity contribution in [2.24, 2.45) is 5.41 Å². The quantitative estimate of drug-likeness (QED) is 0.702. The summed E-state index contributed by atoms with van der Waals surface area (Å²) in [6, 6.07) is 8.49. The summed E-state index contributed by atoms with van der Waals surface area (Å²) in [5, 5.41) is 4.32. The third kappa shape index (κ3) is 4.32. The molecule has 1 aliphatic carbocycles. The topological polar surface area (TPSA) is 62.3 Å². The molecule has 0 unspecified atom stereocenters. The van der Waals surface area contributed by atoms with Crippen LogP contribution in [-0.4, -0.2) is 40.8 Å². The molecule has 1 aliphatic heterocycles. The highest BCUT2D eigenvalue weighted by Crippen LogP contribution is 2.47. The number of thiazole rings is 1. The maximum Gasteiger partial charge on any atom is 0.222 e. The zero-order valence-electron chi connectivity index (χ0n) is 17.3. The van der Waals surface area contributed by atoms with Crippen molar-refractivity contribution in [1.82, 2.24) is 15.2 Å². The van der Waals surface area contributed by atoms with Gasteiger partial charge in [0.25, 0.3) is 0 Å². The number of hydrogen-bond donors (Lipinski definition) is 1. The molecule has 156 valence electrons. The molecule has 2 fully saturated rings. The second-order valence-electron chi connectivity index (χ2n) is 8.56. The van der Waals surface area contributed by atoms with Gasteiger partial charge >= 0.3 is 0 Å². The zero-order chi connectivity index (χ0) is 20.3. The van der Waals surface area contributed by atoms with Crippen LogP contribution in [0, 0.1) is 5.41 Å². The summed E-state index contributed by atoms with van der Waals surface area (Å²) in [4.78, 5) is 31.6. The minimum Gasteiger partial charge on any atom is -0.355 e. The molecule has 1 aromatic carbocycles. The molecule has 2 heterocycles. The van der Waals surface area contributed by atoms with Gasteiger partial charge in [-0.3, -0.25) is 9.59 Å². The number of aryl methyl sites for hydroxylation is 1. The van der Waals surface area contributed by atoms with Crippen LogP contribution in [0.2, 0.25) is 0 Å². The first kappa shape index (κ1) is 20.3. The Labute approximate surface area is 176 Å². The molecule has 2 aliphatic rings. The fraction of sp³-hybridized carbons (Fsp3) is 0.609. The van der Waals surface area contributed by atoms with Gasteiger partial charge in [0.05, 0.1) is 15.2 Å². The Bertz CT molecular complexity index is 847. The van der Waals surface area contributed by atoms with Gasteiger partial charge in [0.2, 0.25) is 11.8 Å². The molecule has 0 spiro atoms. The fourth-order valence-corrected chi connectivity index (χ4v) is 6.19. The molecule has 5 nitrogen and oxygen atoms in total. The van der Waals surface area contributed by atoms with E-state index in [2.05, 4.69) is 28.2 Å². The van der Waals surface area contributed by atoms with E-state index < -0.39 is 0 Å². The van der Waals surface area contributed by atoms with E-state index in [0.717, 1.165) is 62.0 Å². The van der Waals surface area contributed by atoms with Gasteiger partial charge in [0.1, 0.15) is 0 Å². The maximum atomic E-state index is 12.5. The first-order chi connectivity index (χ1) is 14.1. The molecule has 1 saturated heterocycles. The molecule has 1 N–H and O–H groups in total. The van der Waals surface area contributed by atoms with Gasteiger partial charge in [-0.05, 0) is 50.7 Å². The Morgan fingerprint density at radius 1 is 1.34 bits per heavy atom. The van der Waals surface area contributed by atoms with Crippen LogP contribution in [0.25, 0.3) is 10.2 Å². The van der Waals surface area contributed by atoms with Crippen LogP contribution in [0.5, 0.6) is 0 Å². The average Bonchev–Trinajstić information content (AvgIpc) is 3.33. The van der Waals surface area contributed by atoms with Gasteiger partial charge in [0, 0.05) is 37.4 Å². The molecular formula is C23H31N3O2S. The van der Waals surface area contributed by atoms with Crippen molar-refractivity contribution in [1.29, 1.82) is 0 Å². The lowest BCUT2D eigenvalue weighted by molar-refractivity contribution is -0.142. The standard InChI is InChI=1S/C23H31N3O2S/c1-2-15-26-19-9-6-13-23(19,14-12-22(26)28)16-24-20(27)10-5-11-21-25-17-7-3-4-8-18(17)29-21/h3-4,7-8,19H,2,5-6,9-16H2,1H3,(H,24,27)/t19-,23+/m1/s1. The largest absolute Gasteiger partial charge is 0.355 e. The monoisotopic (exact) mass is 413 g/mol. The number of nitrogens with zero attached hydrogens (tertiary/aromatic N) is 2. The zero-order valence-corrected chi connectivity index (χ0v) is 18.1. The Morgan fingerprint density at radius 3 is 3.03 bits per heavy atom. The van der Waals surface area contributed by atoms with Crippen molar-refractivity contribution in [2.75, 3.05) is 13.1 Å². The molecule has 2 atom stereocenters. The Hall–Kier alpha value is -1.95. The molecule has 2 amide bonds. The molecule has 4 rings (SSSR count). The highest BCUT2D eigenvalue weighted by molar-refractivity contribution is 7.18. The first-order valence-corrected chi connectivity index (χ1v) is 11.8. The predicted molar refractivity (Wildman–Crippen MR) is 117 cm³/mol. The number of hydrogen-bond acceptors (Lipinski definition) is 4. The summed E-state index contributed by atoms with van der Waals surface area (Å²) in [6.07, 6.45) is 8.11. The number of benzene rings is 1. The van der Waals surface area contributed by atoms with Crippen LogP contribution < -0.4 is 5.32 Å². The van der Waals surface area contributed by atoms with Crippen LogP contribution in [0.4, 0.5) is 0 Å². The van der Waals surface area contributed by atoms with Crippen molar-refractivity contribution >= 4 is 33.4 Å². The van der Waals surface area contributed by atoms with E-state index in [1.165, 1.54) is 4.70 Å². The second kappa shape index (κ2) is 8.82. The van der Waals surface area contributed by atoms with Crippen LogP contribution in [0.15, 0.2) is 24.3 Å². The van der Waals surface area contributed by atoms with Gasteiger partial charge in [0.15, 0.2) is 0 Å². The number of fused-ring (bicyclic) bond motifs is 2. The van der Waals surface area contributed by atoms with Crippen molar-refractivity contribution in [2.45, 2.75) is 70.8 Å². The summed E-state index contributed by atoms with van der Waals surface area (Å²) < 4.78 is 1.21. The summed E-state index contributed by atoms with van der Waals surface area (Å²) in [5.74, 6) is 0.432. The van der Waals surface area contributed by atoms with Crippen molar-refractivity contribution in [3.05, 3.63) is 29.3 Å². The van der Waals surface area contributed by atoms with Crippen LogP contribution in [0.1, 0.15) is 63.3 Å². The van der Waals surface area contributed by atoms with Gasteiger partial charge in [-0.15, -0.1) is 11.3 Å². The third-order valence-corrected chi connectivity index (χ3v) is 7.72. The molecule has 1 saturated carbocycles. The lowest BCUT2D eigenvalue weighted by Gasteiger charge is -2.46. The lowest BCUT2D eigenvalue weighted by atomic mass is 9.74. The van der Waals surface area contributed by atoms with Crippen LogP contribution in [0.3, 0.4) is 0 Å². The van der Waals surface area contributed by atoms with Gasteiger partial charge in [-0.1, -0.05) is 25.5 Å². The highest BCUT2D eigenvalue weighted by Gasteiger charge is 2.49. The second-order valence-corrected chi connectivity index (χ2v) is 9.68. The predicted octanol–water partition coefficient (Wildman–Crippen LogP) is 4.31. The third-order valence-electron chi connectivity index (χ3n) is 6.63. The van der Waals surface area contributed by atoms with Crippen LogP contribution in [-0.2, 0) is 16.0 Å². The van der Waals surface area contributed by atoms with E-state index in [0.29, 0.717) is 31.3 Å². The molecule has 29 heavy (non-hydrogen) atoms. The van der Waals surface area contributed by atoms with Gasteiger partial charge in [-0.2, -0.15) is 0 Å². The number of carbonyl (C=O) groups is 2. The number of para-hydroxylation sites is 1. The number of rotatable bonds is 8. The SMILES string of the molecule is CCCN1C(=O)CC[C@]2(CNC(=O)CCCc3nc4ccccc4s3)CCC[C@@H]12. The van der Waals surface area contributed by atoms with Crippen molar-refractivity contribution in [3.8, 4) is 0 Å². The molecule has 0 radical (unpaired) electrons. The lowest BCUT2D eigenvalue weighted by Crippen LogP contribution is -2.56. The molecule has 6 heteroatoms. The number of amides is 2. The Kier molecular flexibility index (Phi) is 6.18. The molecule has 0 bridgehead atoms. The highest BCUT2D eigenvalue weighted by atomic mass is 32.1. The Balaban J connectivity index is 1.28. The summed E-state index contributed by atoms with van der Waals surface area (Å²) >= 11 is 1.72. The maximum absolute atomic E-state index is 12.5.